The number of hydrogen-bond donors (Lipinski definition) is 1. The highest BCUT2D eigenvalue weighted by molar-refractivity contribution is 5.81. The molecule has 1 aromatic carbocycles. The lowest BCUT2D eigenvalue weighted by atomic mass is 9.91. The second-order valence-electron chi connectivity index (χ2n) is 5.49. The van der Waals surface area contributed by atoms with Crippen molar-refractivity contribution in [1.82, 2.24) is 0 Å². The Balaban J connectivity index is 1.82. The van der Waals surface area contributed by atoms with Crippen LogP contribution in [0.1, 0.15) is 31.7 Å². The maximum absolute atomic E-state index is 12.2. The standard InChI is InChI=1S/C16H23NO3/c1-12(2)11-19-9-10-20-16(18)14-7-8-17-15-6-4-3-5-13(14)15/h3-6,12,14,17H,7-11H2,1-2H3. The summed E-state index contributed by atoms with van der Waals surface area (Å²) < 4.78 is 10.7. The van der Waals surface area contributed by atoms with E-state index in [2.05, 4.69) is 19.2 Å². The molecule has 110 valence electrons. The third-order valence-electron chi connectivity index (χ3n) is 3.29. The molecule has 0 bridgehead atoms. The lowest BCUT2D eigenvalue weighted by Gasteiger charge is -2.25. The van der Waals surface area contributed by atoms with Crippen LogP contribution in [0.2, 0.25) is 0 Å². The molecule has 0 saturated carbocycles. The maximum atomic E-state index is 12.2. The van der Waals surface area contributed by atoms with E-state index in [0.717, 1.165) is 24.2 Å². The van der Waals surface area contributed by atoms with Gasteiger partial charge in [0, 0.05) is 18.8 Å². The molecule has 0 aliphatic carbocycles. The highest BCUT2D eigenvalue weighted by atomic mass is 16.6. The van der Waals surface area contributed by atoms with Crippen LogP contribution in [0.3, 0.4) is 0 Å². The van der Waals surface area contributed by atoms with Crippen molar-refractivity contribution in [2.45, 2.75) is 26.2 Å². The van der Waals surface area contributed by atoms with Crippen LogP contribution >= 0.6 is 0 Å². The number of ether oxygens (including phenoxy) is 2. The van der Waals surface area contributed by atoms with Crippen molar-refractivity contribution < 1.29 is 14.3 Å². The Morgan fingerprint density at radius 2 is 2.15 bits per heavy atom. The van der Waals surface area contributed by atoms with Crippen molar-refractivity contribution in [2.75, 3.05) is 31.7 Å². The molecule has 1 atom stereocenters. The van der Waals surface area contributed by atoms with Crippen LogP contribution in [0.15, 0.2) is 24.3 Å². The van der Waals surface area contributed by atoms with Crippen LogP contribution in [-0.2, 0) is 14.3 Å². The second kappa shape index (κ2) is 7.29. The van der Waals surface area contributed by atoms with E-state index in [4.69, 9.17) is 9.47 Å². The van der Waals surface area contributed by atoms with Crippen molar-refractivity contribution in [1.29, 1.82) is 0 Å². The zero-order valence-corrected chi connectivity index (χ0v) is 12.2. The molecule has 1 aliphatic heterocycles. The molecule has 1 N–H and O–H groups in total. The Labute approximate surface area is 120 Å². The van der Waals surface area contributed by atoms with Gasteiger partial charge in [-0.05, 0) is 24.0 Å². The lowest BCUT2D eigenvalue weighted by Crippen LogP contribution is -2.25. The summed E-state index contributed by atoms with van der Waals surface area (Å²) in [5.74, 6) is 0.201. The molecule has 2 rings (SSSR count). The summed E-state index contributed by atoms with van der Waals surface area (Å²) in [5, 5.41) is 3.30. The number of hydrogen-bond acceptors (Lipinski definition) is 4. The topological polar surface area (TPSA) is 47.6 Å². The number of esters is 1. The number of benzene rings is 1. The van der Waals surface area contributed by atoms with Gasteiger partial charge in [0.05, 0.1) is 12.5 Å². The first-order valence-corrected chi connectivity index (χ1v) is 7.25. The molecule has 1 unspecified atom stereocenters. The lowest BCUT2D eigenvalue weighted by molar-refractivity contribution is -0.147. The zero-order valence-electron chi connectivity index (χ0n) is 12.2. The van der Waals surface area contributed by atoms with Gasteiger partial charge in [-0.3, -0.25) is 4.79 Å². The Bertz CT molecular complexity index is 445. The summed E-state index contributed by atoms with van der Waals surface area (Å²) in [6.45, 7) is 6.50. The monoisotopic (exact) mass is 277 g/mol. The first kappa shape index (κ1) is 14.9. The van der Waals surface area contributed by atoms with E-state index in [-0.39, 0.29) is 11.9 Å². The van der Waals surface area contributed by atoms with Crippen molar-refractivity contribution >= 4 is 11.7 Å². The second-order valence-corrected chi connectivity index (χ2v) is 5.49. The van der Waals surface area contributed by atoms with Gasteiger partial charge in [-0.1, -0.05) is 32.0 Å². The molecule has 0 fully saturated rings. The zero-order chi connectivity index (χ0) is 14.4. The van der Waals surface area contributed by atoms with Gasteiger partial charge >= 0.3 is 5.97 Å². The van der Waals surface area contributed by atoms with E-state index in [0.29, 0.717) is 25.7 Å². The predicted molar refractivity (Wildman–Crippen MR) is 78.9 cm³/mol. The van der Waals surface area contributed by atoms with Gasteiger partial charge in [-0.15, -0.1) is 0 Å². The summed E-state index contributed by atoms with van der Waals surface area (Å²) >= 11 is 0. The Morgan fingerprint density at radius 1 is 1.35 bits per heavy atom. The molecule has 4 nitrogen and oxygen atoms in total. The first-order valence-electron chi connectivity index (χ1n) is 7.25. The average Bonchev–Trinajstić information content (AvgIpc) is 2.45. The van der Waals surface area contributed by atoms with Gasteiger partial charge in [0.25, 0.3) is 0 Å². The SMILES string of the molecule is CC(C)COCCOC(=O)C1CCNc2ccccc21. The van der Waals surface area contributed by atoms with Gasteiger partial charge in [0.2, 0.25) is 0 Å². The molecular weight excluding hydrogens is 254 g/mol. The molecule has 0 radical (unpaired) electrons. The highest BCUT2D eigenvalue weighted by Crippen LogP contribution is 2.31. The van der Waals surface area contributed by atoms with Gasteiger partial charge in [-0.2, -0.15) is 0 Å². The molecular formula is C16H23NO3. The molecule has 0 amide bonds. The average molecular weight is 277 g/mol. The van der Waals surface area contributed by atoms with Crippen molar-refractivity contribution in [2.24, 2.45) is 5.92 Å². The summed E-state index contributed by atoms with van der Waals surface area (Å²) in [7, 11) is 0. The minimum atomic E-state index is -0.155. The Kier molecular flexibility index (Phi) is 5.41. The van der Waals surface area contributed by atoms with E-state index >= 15 is 0 Å². The fourth-order valence-electron chi connectivity index (χ4n) is 2.33. The highest BCUT2D eigenvalue weighted by Gasteiger charge is 2.27. The van der Waals surface area contributed by atoms with Crippen LogP contribution < -0.4 is 5.32 Å². The first-order chi connectivity index (χ1) is 9.68. The predicted octanol–water partition coefficient (Wildman–Crippen LogP) is 2.80. The number of para-hydroxylation sites is 1. The smallest absolute Gasteiger partial charge is 0.313 e. The number of carbonyl (C=O) groups excluding carboxylic acids is 1. The van der Waals surface area contributed by atoms with E-state index in [9.17, 15) is 4.79 Å². The number of fused-ring (bicyclic) bond motifs is 1. The molecule has 1 aliphatic rings. The van der Waals surface area contributed by atoms with E-state index in [1.807, 2.05) is 24.3 Å². The van der Waals surface area contributed by atoms with Gasteiger partial charge in [-0.25, -0.2) is 0 Å². The van der Waals surface area contributed by atoms with Crippen molar-refractivity contribution in [3.8, 4) is 0 Å². The molecule has 1 aromatic rings. The van der Waals surface area contributed by atoms with Crippen LogP contribution in [0.5, 0.6) is 0 Å². The normalized spacial score (nSPS) is 17.4. The van der Waals surface area contributed by atoms with Crippen molar-refractivity contribution in [3.05, 3.63) is 29.8 Å². The maximum Gasteiger partial charge on any atom is 0.313 e. The largest absolute Gasteiger partial charge is 0.463 e. The van der Waals surface area contributed by atoms with Crippen LogP contribution in [0, 0.1) is 5.92 Å². The van der Waals surface area contributed by atoms with Crippen LogP contribution in [0.4, 0.5) is 5.69 Å². The number of rotatable bonds is 6. The van der Waals surface area contributed by atoms with Gasteiger partial charge < -0.3 is 14.8 Å². The summed E-state index contributed by atoms with van der Waals surface area (Å²) in [5.41, 5.74) is 2.07. The van der Waals surface area contributed by atoms with Gasteiger partial charge in [0.15, 0.2) is 0 Å². The number of carbonyl (C=O) groups is 1. The molecule has 0 aromatic heterocycles. The quantitative estimate of drug-likeness (QED) is 0.641. The van der Waals surface area contributed by atoms with Crippen molar-refractivity contribution in [3.63, 3.8) is 0 Å². The summed E-state index contributed by atoms with van der Waals surface area (Å²) in [6, 6.07) is 7.92. The fourth-order valence-corrected chi connectivity index (χ4v) is 2.33. The van der Waals surface area contributed by atoms with Crippen LogP contribution in [-0.4, -0.2) is 32.3 Å². The Morgan fingerprint density at radius 3 is 2.95 bits per heavy atom. The summed E-state index contributed by atoms with van der Waals surface area (Å²) in [4.78, 5) is 12.2. The number of nitrogens with one attached hydrogen (secondary N) is 1. The molecule has 0 spiro atoms. The van der Waals surface area contributed by atoms with E-state index in [1.165, 1.54) is 0 Å². The van der Waals surface area contributed by atoms with E-state index in [1.54, 1.807) is 0 Å². The molecule has 1 heterocycles. The number of anilines is 1. The molecule has 20 heavy (non-hydrogen) atoms. The van der Waals surface area contributed by atoms with Crippen LogP contribution in [0.25, 0.3) is 0 Å². The third kappa shape index (κ3) is 3.97. The summed E-state index contributed by atoms with van der Waals surface area (Å²) in [6.07, 6.45) is 0.780. The molecule has 0 saturated heterocycles. The van der Waals surface area contributed by atoms with Gasteiger partial charge in [0.1, 0.15) is 6.61 Å². The fraction of sp³-hybridized carbons (Fsp3) is 0.562. The van der Waals surface area contributed by atoms with E-state index < -0.39 is 0 Å². The Hall–Kier alpha value is -1.55. The molecule has 4 heteroatoms. The third-order valence-corrected chi connectivity index (χ3v) is 3.29. The minimum absolute atomic E-state index is 0.146. The minimum Gasteiger partial charge on any atom is -0.463 e.